The van der Waals surface area contributed by atoms with Gasteiger partial charge in [-0.2, -0.15) is 5.10 Å². The topological polar surface area (TPSA) is 112 Å². The SMILES string of the molecule is Cc1c(Br)cnn1CCC(=O)Nc1cc(Oc2cccnc2)cc([N+](=O)[O-])c1. The Kier molecular flexibility index (Phi) is 5.99. The van der Waals surface area contributed by atoms with Gasteiger partial charge in [-0.1, -0.05) is 0 Å². The highest BCUT2D eigenvalue weighted by Gasteiger charge is 2.14. The largest absolute Gasteiger partial charge is 0.455 e. The van der Waals surface area contributed by atoms with Crippen LogP contribution in [0.2, 0.25) is 0 Å². The highest BCUT2D eigenvalue weighted by molar-refractivity contribution is 9.10. The smallest absolute Gasteiger partial charge is 0.275 e. The number of nitrogens with one attached hydrogen (secondary N) is 1. The van der Waals surface area contributed by atoms with Crippen molar-refractivity contribution in [3.63, 3.8) is 0 Å². The standard InChI is InChI=1S/C18H16BrN5O4/c1-12-17(19)11-21-23(12)6-4-18(25)22-13-7-14(24(26)27)9-16(8-13)28-15-3-2-5-20-10-15/h2-3,5,7-11H,4,6H2,1H3,(H,22,25). The van der Waals surface area contributed by atoms with Crippen LogP contribution in [0.15, 0.2) is 53.4 Å². The number of carbonyl (C=O) groups excluding carboxylic acids is 1. The number of nitro groups is 1. The molecular formula is C18H16BrN5O4. The molecule has 10 heteroatoms. The summed E-state index contributed by atoms with van der Waals surface area (Å²) in [5.41, 5.74) is 0.996. The molecule has 0 bridgehead atoms. The van der Waals surface area contributed by atoms with Crippen molar-refractivity contribution in [3.8, 4) is 11.5 Å². The lowest BCUT2D eigenvalue weighted by atomic mass is 10.2. The monoisotopic (exact) mass is 445 g/mol. The Labute approximate surface area is 168 Å². The molecule has 28 heavy (non-hydrogen) atoms. The molecule has 0 radical (unpaired) electrons. The van der Waals surface area contributed by atoms with Crippen molar-refractivity contribution in [1.82, 2.24) is 14.8 Å². The number of nitrogens with zero attached hydrogens (tertiary/aromatic N) is 4. The Balaban J connectivity index is 1.72. The van der Waals surface area contributed by atoms with E-state index in [1.54, 1.807) is 29.2 Å². The molecular weight excluding hydrogens is 430 g/mol. The zero-order valence-corrected chi connectivity index (χ0v) is 16.4. The van der Waals surface area contributed by atoms with Crippen LogP contribution in [-0.2, 0) is 11.3 Å². The fraction of sp³-hybridized carbons (Fsp3) is 0.167. The fourth-order valence-corrected chi connectivity index (χ4v) is 2.74. The van der Waals surface area contributed by atoms with Crippen LogP contribution in [0.25, 0.3) is 0 Å². The van der Waals surface area contributed by atoms with Gasteiger partial charge >= 0.3 is 0 Å². The summed E-state index contributed by atoms with van der Waals surface area (Å²) in [6.07, 6.45) is 4.90. The van der Waals surface area contributed by atoms with Gasteiger partial charge in [0.15, 0.2) is 0 Å². The first-order valence-corrected chi connectivity index (χ1v) is 9.07. The first kappa shape index (κ1) is 19.5. The number of aryl methyl sites for hydroxylation is 1. The molecule has 9 nitrogen and oxygen atoms in total. The minimum atomic E-state index is -0.545. The van der Waals surface area contributed by atoms with Gasteiger partial charge < -0.3 is 10.1 Å². The molecule has 2 aromatic heterocycles. The van der Waals surface area contributed by atoms with Crippen LogP contribution in [-0.4, -0.2) is 25.6 Å². The van der Waals surface area contributed by atoms with E-state index in [9.17, 15) is 14.9 Å². The third-order valence-electron chi connectivity index (χ3n) is 3.85. The van der Waals surface area contributed by atoms with E-state index in [-0.39, 0.29) is 29.5 Å². The number of pyridine rings is 1. The normalized spacial score (nSPS) is 10.5. The summed E-state index contributed by atoms with van der Waals surface area (Å²) in [6.45, 7) is 2.27. The number of hydrogen-bond acceptors (Lipinski definition) is 6. The molecule has 0 spiro atoms. The van der Waals surface area contributed by atoms with E-state index in [0.29, 0.717) is 12.3 Å². The van der Waals surface area contributed by atoms with Gasteiger partial charge in [0.05, 0.1) is 40.1 Å². The van der Waals surface area contributed by atoms with Crippen molar-refractivity contribution < 1.29 is 14.5 Å². The van der Waals surface area contributed by atoms with Crippen LogP contribution in [0.3, 0.4) is 0 Å². The van der Waals surface area contributed by atoms with Gasteiger partial charge in [0.1, 0.15) is 11.5 Å². The first-order valence-electron chi connectivity index (χ1n) is 8.27. The highest BCUT2D eigenvalue weighted by Crippen LogP contribution is 2.29. The summed E-state index contributed by atoms with van der Waals surface area (Å²) in [7, 11) is 0. The Morgan fingerprint density at radius 3 is 2.79 bits per heavy atom. The lowest BCUT2D eigenvalue weighted by Crippen LogP contribution is -2.15. The highest BCUT2D eigenvalue weighted by atomic mass is 79.9. The second kappa shape index (κ2) is 8.61. The van der Waals surface area contributed by atoms with Gasteiger partial charge in [0.2, 0.25) is 5.91 Å². The summed E-state index contributed by atoms with van der Waals surface area (Å²) < 4.78 is 8.17. The minimum Gasteiger partial charge on any atom is -0.455 e. The molecule has 0 fully saturated rings. The number of aromatic nitrogens is 3. The molecule has 0 aliphatic carbocycles. The molecule has 0 aliphatic rings. The molecule has 2 heterocycles. The fourth-order valence-electron chi connectivity index (χ4n) is 2.44. The van der Waals surface area contributed by atoms with Crippen molar-refractivity contribution in [3.05, 3.63) is 69.2 Å². The third-order valence-corrected chi connectivity index (χ3v) is 4.63. The van der Waals surface area contributed by atoms with E-state index in [1.165, 1.54) is 24.4 Å². The number of halogens is 1. The van der Waals surface area contributed by atoms with Crippen molar-refractivity contribution in [2.45, 2.75) is 19.9 Å². The number of nitro benzene ring substituents is 1. The van der Waals surface area contributed by atoms with E-state index in [1.807, 2.05) is 6.92 Å². The van der Waals surface area contributed by atoms with E-state index in [4.69, 9.17) is 4.74 Å². The maximum atomic E-state index is 12.3. The summed E-state index contributed by atoms with van der Waals surface area (Å²) >= 11 is 3.37. The summed E-state index contributed by atoms with van der Waals surface area (Å²) in [4.78, 5) is 26.9. The second-order valence-electron chi connectivity index (χ2n) is 5.86. The number of anilines is 1. The number of amides is 1. The van der Waals surface area contributed by atoms with Crippen LogP contribution in [0.4, 0.5) is 11.4 Å². The first-order chi connectivity index (χ1) is 13.4. The molecule has 0 saturated carbocycles. The minimum absolute atomic E-state index is 0.163. The Bertz CT molecular complexity index is 1010. The number of carbonyl (C=O) groups is 1. The molecule has 0 aliphatic heterocycles. The summed E-state index contributed by atoms with van der Waals surface area (Å²) in [5.74, 6) is 0.364. The Hall–Kier alpha value is -3.27. The van der Waals surface area contributed by atoms with E-state index in [2.05, 4.69) is 31.3 Å². The van der Waals surface area contributed by atoms with Gasteiger partial charge in [0, 0.05) is 30.4 Å². The number of rotatable bonds is 7. The van der Waals surface area contributed by atoms with E-state index < -0.39 is 4.92 Å². The predicted molar refractivity (Wildman–Crippen MR) is 105 cm³/mol. The van der Waals surface area contributed by atoms with E-state index >= 15 is 0 Å². The van der Waals surface area contributed by atoms with Crippen LogP contribution in [0.1, 0.15) is 12.1 Å². The number of benzene rings is 1. The van der Waals surface area contributed by atoms with E-state index in [0.717, 1.165) is 10.2 Å². The van der Waals surface area contributed by atoms with Crippen LogP contribution in [0.5, 0.6) is 11.5 Å². The zero-order chi connectivity index (χ0) is 20.1. The van der Waals surface area contributed by atoms with Crippen LogP contribution >= 0.6 is 15.9 Å². The lowest BCUT2D eigenvalue weighted by Gasteiger charge is -2.10. The van der Waals surface area contributed by atoms with Crippen molar-refractivity contribution in [2.75, 3.05) is 5.32 Å². The number of hydrogen-bond donors (Lipinski definition) is 1. The predicted octanol–water partition coefficient (Wildman–Crippen LogP) is 4.08. The Morgan fingerprint density at radius 2 is 2.14 bits per heavy atom. The number of non-ortho nitro benzene ring substituents is 1. The molecule has 0 atom stereocenters. The zero-order valence-electron chi connectivity index (χ0n) is 14.8. The third kappa shape index (κ3) is 4.92. The van der Waals surface area contributed by atoms with Crippen LogP contribution < -0.4 is 10.1 Å². The van der Waals surface area contributed by atoms with Crippen LogP contribution in [0, 0.1) is 17.0 Å². The van der Waals surface area contributed by atoms with Gasteiger partial charge in [-0.05, 0) is 35.0 Å². The summed E-state index contributed by atoms with van der Waals surface area (Å²) in [6, 6.07) is 7.45. The number of ether oxygens (including phenoxy) is 1. The average molecular weight is 446 g/mol. The van der Waals surface area contributed by atoms with Crippen molar-refractivity contribution >= 4 is 33.2 Å². The molecule has 1 N–H and O–H groups in total. The maximum absolute atomic E-state index is 12.3. The van der Waals surface area contributed by atoms with Gasteiger partial charge in [-0.3, -0.25) is 24.6 Å². The molecule has 144 valence electrons. The molecule has 3 aromatic rings. The Morgan fingerprint density at radius 1 is 1.32 bits per heavy atom. The summed E-state index contributed by atoms with van der Waals surface area (Å²) in [5, 5.41) is 18.0. The second-order valence-corrected chi connectivity index (χ2v) is 6.72. The lowest BCUT2D eigenvalue weighted by molar-refractivity contribution is -0.384. The quantitative estimate of drug-likeness (QED) is 0.433. The van der Waals surface area contributed by atoms with Gasteiger partial charge in [0.25, 0.3) is 5.69 Å². The molecule has 0 saturated heterocycles. The van der Waals surface area contributed by atoms with Gasteiger partial charge in [-0.25, -0.2) is 0 Å². The maximum Gasteiger partial charge on any atom is 0.275 e. The molecule has 0 unspecified atom stereocenters. The molecule has 3 rings (SSSR count). The van der Waals surface area contributed by atoms with Gasteiger partial charge in [-0.15, -0.1) is 0 Å². The molecule has 1 amide bonds. The average Bonchev–Trinajstić information content (AvgIpc) is 2.99. The molecule has 1 aromatic carbocycles. The van der Waals surface area contributed by atoms with Crippen molar-refractivity contribution in [2.24, 2.45) is 0 Å². The van der Waals surface area contributed by atoms with Crippen molar-refractivity contribution in [1.29, 1.82) is 0 Å².